The summed E-state index contributed by atoms with van der Waals surface area (Å²) in [5, 5.41) is 4.47. The van der Waals surface area contributed by atoms with Crippen LogP contribution >= 0.6 is 0 Å². The van der Waals surface area contributed by atoms with E-state index in [1.54, 1.807) is 23.3 Å². The fourth-order valence-electron chi connectivity index (χ4n) is 5.98. The van der Waals surface area contributed by atoms with Crippen molar-refractivity contribution >= 4 is 17.4 Å². The Kier molecular flexibility index (Phi) is 6.29. The van der Waals surface area contributed by atoms with E-state index in [2.05, 4.69) is 29.8 Å². The molecule has 2 aliphatic heterocycles. The Balaban J connectivity index is 1.01. The summed E-state index contributed by atoms with van der Waals surface area (Å²) in [4.78, 5) is 16.7. The first-order valence-electron chi connectivity index (χ1n) is 13.5. The van der Waals surface area contributed by atoms with Gasteiger partial charge in [-0.05, 0) is 55.2 Å². The van der Waals surface area contributed by atoms with E-state index in [1.807, 2.05) is 42.5 Å². The lowest BCUT2D eigenvalue weighted by atomic mass is 9.90. The number of anilines is 2. The summed E-state index contributed by atoms with van der Waals surface area (Å²) >= 11 is 0. The third-order valence-corrected chi connectivity index (χ3v) is 7.84. The van der Waals surface area contributed by atoms with Gasteiger partial charge in [0.15, 0.2) is 11.4 Å². The van der Waals surface area contributed by atoms with Crippen LogP contribution < -0.4 is 10.6 Å². The molecule has 0 aromatic carbocycles. The maximum absolute atomic E-state index is 6.29. The van der Waals surface area contributed by atoms with Gasteiger partial charge in [-0.1, -0.05) is 0 Å². The average molecular weight is 529 g/mol. The molecule has 0 radical (unpaired) electrons. The van der Waals surface area contributed by atoms with Gasteiger partial charge in [-0.25, -0.2) is 4.98 Å². The maximum atomic E-state index is 6.29. The van der Waals surface area contributed by atoms with E-state index in [4.69, 9.17) is 19.0 Å². The molecule has 7 rings (SSSR count). The van der Waals surface area contributed by atoms with Crippen molar-refractivity contribution in [2.75, 3.05) is 43.4 Å². The molecule has 2 aliphatic rings. The van der Waals surface area contributed by atoms with Crippen LogP contribution in [0.15, 0.2) is 74.5 Å². The van der Waals surface area contributed by atoms with Gasteiger partial charge >= 0.3 is 0 Å². The quantitative estimate of drug-likeness (QED) is 0.319. The first-order valence-corrected chi connectivity index (χ1v) is 13.5. The molecule has 39 heavy (non-hydrogen) atoms. The van der Waals surface area contributed by atoms with Gasteiger partial charge in [0.2, 0.25) is 11.8 Å². The van der Waals surface area contributed by atoms with E-state index in [0.29, 0.717) is 35.1 Å². The zero-order chi connectivity index (χ0) is 26.2. The monoisotopic (exact) mass is 528 g/mol. The van der Waals surface area contributed by atoms with Gasteiger partial charge in [-0.15, -0.1) is 5.10 Å². The Bertz CT molecular complexity index is 1460. The van der Waals surface area contributed by atoms with Gasteiger partial charge in [0.05, 0.1) is 31.9 Å². The minimum atomic E-state index is 0.326. The molecule has 2 fully saturated rings. The third-order valence-electron chi connectivity index (χ3n) is 7.84. The highest BCUT2D eigenvalue weighted by Gasteiger charge is 2.34. The second kappa shape index (κ2) is 10.2. The molecular weight excluding hydrogens is 496 g/mol. The number of nitrogens with zero attached hydrogens (tertiary/aromatic N) is 7. The molecule has 2 unspecified atom stereocenters. The molecule has 0 amide bonds. The van der Waals surface area contributed by atoms with Gasteiger partial charge in [-0.3, -0.25) is 9.80 Å². The van der Waals surface area contributed by atoms with Crippen LogP contribution in [0.5, 0.6) is 0 Å². The van der Waals surface area contributed by atoms with Gasteiger partial charge in [0, 0.05) is 44.8 Å². The minimum Gasteiger partial charge on any atom is -0.468 e. The van der Waals surface area contributed by atoms with E-state index in [-0.39, 0.29) is 0 Å². The fourth-order valence-corrected chi connectivity index (χ4v) is 5.98. The van der Waals surface area contributed by atoms with Gasteiger partial charge in [-0.2, -0.15) is 9.50 Å². The second-order valence-electron chi connectivity index (χ2n) is 10.5. The smallest absolute Gasteiger partial charge is 0.225 e. The maximum Gasteiger partial charge on any atom is 0.225 e. The normalized spacial score (nSPS) is 20.2. The molecule has 5 aromatic rings. The highest BCUT2D eigenvalue weighted by molar-refractivity contribution is 5.59. The summed E-state index contributed by atoms with van der Waals surface area (Å²) in [6, 6.07) is 14.1. The molecule has 5 aromatic heterocycles. The number of hydrogen-bond acceptors (Lipinski definition) is 10. The lowest BCUT2D eigenvalue weighted by Crippen LogP contribution is -2.57. The van der Waals surface area contributed by atoms with Crippen molar-refractivity contribution in [1.29, 1.82) is 0 Å². The number of furan rings is 3. The van der Waals surface area contributed by atoms with Gasteiger partial charge in [0.1, 0.15) is 17.3 Å². The van der Waals surface area contributed by atoms with Crippen LogP contribution in [0.3, 0.4) is 0 Å². The van der Waals surface area contributed by atoms with Crippen molar-refractivity contribution in [3.63, 3.8) is 0 Å². The predicted molar refractivity (Wildman–Crippen MR) is 145 cm³/mol. The van der Waals surface area contributed by atoms with Crippen molar-refractivity contribution in [2.45, 2.75) is 32.0 Å². The summed E-state index contributed by atoms with van der Waals surface area (Å²) in [6.07, 6.45) is 7.44. The first-order chi connectivity index (χ1) is 19.2. The molecular formula is C28H32N8O3. The van der Waals surface area contributed by atoms with Crippen LogP contribution in [0.2, 0.25) is 0 Å². The molecule has 0 spiro atoms. The van der Waals surface area contributed by atoms with Crippen molar-refractivity contribution in [1.82, 2.24) is 29.4 Å². The van der Waals surface area contributed by atoms with Crippen LogP contribution in [0.1, 0.15) is 24.4 Å². The van der Waals surface area contributed by atoms with Gasteiger partial charge < -0.3 is 23.9 Å². The molecule has 2 atom stereocenters. The lowest BCUT2D eigenvalue weighted by molar-refractivity contribution is 0.0692. The number of aromatic nitrogens is 4. The van der Waals surface area contributed by atoms with Crippen LogP contribution in [-0.4, -0.2) is 68.1 Å². The standard InChI is InChI=1S/C28H32N8O3/c29-28-31-25(14-26-30-27(32-36(26)28)24-6-3-13-39-24)35-10-9-34-16-20(7-8-21(34)17-35)15-33(18-22-4-1-11-37-22)19-23-5-2-12-38-23/h1-6,11-14,20-21H,7-10,15-19H2,(H2,29,31). The molecule has 0 bridgehead atoms. The number of rotatable bonds is 8. The molecule has 0 aliphatic carbocycles. The molecule has 11 heteroatoms. The van der Waals surface area contributed by atoms with Crippen molar-refractivity contribution in [3.05, 3.63) is 72.8 Å². The first kappa shape index (κ1) is 24.0. The van der Waals surface area contributed by atoms with E-state index in [0.717, 1.165) is 69.6 Å². The number of piperidine rings is 1. The zero-order valence-electron chi connectivity index (χ0n) is 21.7. The topological polar surface area (TPSA) is 118 Å². The Hall–Kier alpha value is -4.09. The summed E-state index contributed by atoms with van der Waals surface area (Å²) in [5.74, 6) is 4.85. The average Bonchev–Trinajstić information content (AvgIpc) is 3.76. The SMILES string of the molecule is Nc1nc(N2CCN3CC(CN(Cc4ccco4)Cc4ccco4)CCC3C2)cc2nc(-c3ccco3)nn12. The summed E-state index contributed by atoms with van der Waals surface area (Å²) in [5.41, 5.74) is 6.96. The molecule has 202 valence electrons. The van der Waals surface area contributed by atoms with Crippen LogP contribution in [0.4, 0.5) is 11.8 Å². The van der Waals surface area contributed by atoms with Crippen LogP contribution in [-0.2, 0) is 13.1 Å². The minimum absolute atomic E-state index is 0.326. The molecule has 7 heterocycles. The summed E-state index contributed by atoms with van der Waals surface area (Å²) in [6.45, 7) is 6.48. The van der Waals surface area contributed by atoms with E-state index < -0.39 is 0 Å². The van der Waals surface area contributed by atoms with Crippen molar-refractivity contribution < 1.29 is 13.3 Å². The van der Waals surface area contributed by atoms with Crippen LogP contribution in [0.25, 0.3) is 17.2 Å². The fraction of sp³-hybridized carbons (Fsp3) is 0.393. The summed E-state index contributed by atoms with van der Waals surface area (Å²) in [7, 11) is 0. The highest BCUT2D eigenvalue weighted by Crippen LogP contribution is 2.29. The number of nitrogen functional groups attached to an aromatic ring is 1. The highest BCUT2D eigenvalue weighted by atomic mass is 16.3. The largest absolute Gasteiger partial charge is 0.468 e. The number of piperazine rings is 1. The Labute approximate surface area is 225 Å². The predicted octanol–water partition coefficient (Wildman–Crippen LogP) is 3.76. The number of hydrogen-bond donors (Lipinski definition) is 1. The Morgan fingerprint density at radius 3 is 2.38 bits per heavy atom. The van der Waals surface area contributed by atoms with E-state index >= 15 is 0 Å². The lowest BCUT2D eigenvalue weighted by Gasteiger charge is -2.47. The Morgan fingerprint density at radius 1 is 0.897 bits per heavy atom. The number of nitrogens with two attached hydrogens (primary N) is 1. The molecule has 11 nitrogen and oxygen atoms in total. The van der Waals surface area contributed by atoms with E-state index in [9.17, 15) is 0 Å². The van der Waals surface area contributed by atoms with E-state index in [1.165, 1.54) is 6.42 Å². The third kappa shape index (κ3) is 5.02. The zero-order valence-corrected chi connectivity index (χ0v) is 21.7. The molecule has 2 N–H and O–H groups in total. The van der Waals surface area contributed by atoms with Crippen molar-refractivity contribution in [2.24, 2.45) is 5.92 Å². The van der Waals surface area contributed by atoms with Gasteiger partial charge in [0.25, 0.3) is 0 Å². The molecule has 0 saturated carbocycles. The Morgan fingerprint density at radius 2 is 1.67 bits per heavy atom. The van der Waals surface area contributed by atoms with Crippen LogP contribution in [0, 0.1) is 5.92 Å². The molecule has 2 saturated heterocycles. The van der Waals surface area contributed by atoms with Crippen molar-refractivity contribution in [3.8, 4) is 11.6 Å². The summed E-state index contributed by atoms with van der Waals surface area (Å²) < 4.78 is 18.3. The second-order valence-corrected chi connectivity index (χ2v) is 10.5. The number of fused-ring (bicyclic) bond motifs is 2.